The van der Waals surface area contributed by atoms with E-state index in [1.54, 1.807) is 0 Å². The molecule has 0 saturated carbocycles. The SMILES string of the molecule is O=CCc1ccc(CC(=O)OCc2ccccc2)cc1. The number of ether oxygens (including phenoxy) is 1. The van der Waals surface area contributed by atoms with Gasteiger partial charge in [-0.1, -0.05) is 54.6 Å². The fourth-order valence-electron chi connectivity index (χ4n) is 1.85. The van der Waals surface area contributed by atoms with Crippen LogP contribution in [0.25, 0.3) is 0 Å². The van der Waals surface area contributed by atoms with Crippen LogP contribution in [-0.2, 0) is 33.8 Å². The minimum atomic E-state index is -0.253. The molecule has 0 N–H and O–H groups in total. The van der Waals surface area contributed by atoms with Crippen molar-refractivity contribution in [1.29, 1.82) is 0 Å². The highest BCUT2D eigenvalue weighted by Gasteiger charge is 2.05. The van der Waals surface area contributed by atoms with Crippen LogP contribution in [0.4, 0.5) is 0 Å². The zero-order valence-corrected chi connectivity index (χ0v) is 11.1. The summed E-state index contributed by atoms with van der Waals surface area (Å²) in [5.41, 5.74) is 2.81. The maximum Gasteiger partial charge on any atom is 0.310 e. The molecule has 0 spiro atoms. The first-order valence-electron chi connectivity index (χ1n) is 6.49. The average molecular weight is 268 g/mol. The molecule has 102 valence electrons. The third-order valence-electron chi connectivity index (χ3n) is 2.93. The highest BCUT2D eigenvalue weighted by molar-refractivity contribution is 5.72. The lowest BCUT2D eigenvalue weighted by Gasteiger charge is -2.05. The van der Waals surface area contributed by atoms with Crippen molar-refractivity contribution in [2.75, 3.05) is 0 Å². The van der Waals surface area contributed by atoms with Gasteiger partial charge < -0.3 is 9.53 Å². The maximum absolute atomic E-state index is 11.7. The number of benzene rings is 2. The molecule has 2 rings (SSSR count). The van der Waals surface area contributed by atoms with E-state index in [0.29, 0.717) is 13.0 Å². The van der Waals surface area contributed by atoms with E-state index in [9.17, 15) is 9.59 Å². The highest BCUT2D eigenvalue weighted by atomic mass is 16.5. The van der Waals surface area contributed by atoms with E-state index < -0.39 is 0 Å². The summed E-state index contributed by atoms with van der Waals surface area (Å²) in [6, 6.07) is 17.0. The van der Waals surface area contributed by atoms with Crippen LogP contribution >= 0.6 is 0 Å². The molecular formula is C17H16O3. The summed E-state index contributed by atoms with van der Waals surface area (Å²) in [7, 11) is 0. The Labute approximate surface area is 118 Å². The van der Waals surface area contributed by atoms with E-state index in [0.717, 1.165) is 23.0 Å². The van der Waals surface area contributed by atoms with Gasteiger partial charge in [-0.3, -0.25) is 4.79 Å². The van der Waals surface area contributed by atoms with Gasteiger partial charge in [0.15, 0.2) is 0 Å². The van der Waals surface area contributed by atoms with Gasteiger partial charge in [0.25, 0.3) is 0 Å². The molecule has 0 radical (unpaired) electrons. The van der Waals surface area contributed by atoms with Crippen LogP contribution in [0.3, 0.4) is 0 Å². The molecule has 0 aliphatic heterocycles. The third-order valence-corrected chi connectivity index (χ3v) is 2.93. The normalized spacial score (nSPS) is 10.0. The summed E-state index contributed by atoms with van der Waals surface area (Å²) < 4.78 is 5.21. The molecule has 0 unspecified atom stereocenters. The van der Waals surface area contributed by atoms with Crippen LogP contribution < -0.4 is 0 Å². The quantitative estimate of drug-likeness (QED) is 0.597. The first kappa shape index (κ1) is 14.0. The molecule has 0 heterocycles. The van der Waals surface area contributed by atoms with Gasteiger partial charge in [-0.15, -0.1) is 0 Å². The summed E-state index contributed by atoms with van der Waals surface area (Å²) in [6.07, 6.45) is 1.51. The van der Waals surface area contributed by atoms with Gasteiger partial charge in [0.05, 0.1) is 6.42 Å². The van der Waals surface area contributed by atoms with Crippen LogP contribution in [0.15, 0.2) is 54.6 Å². The number of carbonyl (C=O) groups excluding carboxylic acids is 2. The summed E-state index contributed by atoms with van der Waals surface area (Å²) in [5.74, 6) is -0.253. The second kappa shape index (κ2) is 7.24. The van der Waals surface area contributed by atoms with Crippen molar-refractivity contribution in [2.24, 2.45) is 0 Å². The Bertz CT molecular complexity index is 559. The smallest absolute Gasteiger partial charge is 0.310 e. The Hall–Kier alpha value is -2.42. The predicted octanol–water partition coefficient (Wildman–Crippen LogP) is 2.71. The van der Waals surface area contributed by atoms with E-state index in [-0.39, 0.29) is 12.4 Å². The number of carbonyl (C=O) groups is 2. The number of hydrogen-bond donors (Lipinski definition) is 0. The molecule has 3 nitrogen and oxygen atoms in total. The van der Waals surface area contributed by atoms with Crippen molar-refractivity contribution in [1.82, 2.24) is 0 Å². The molecule has 0 aliphatic rings. The first-order chi connectivity index (χ1) is 9.78. The topological polar surface area (TPSA) is 43.4 Å². The Morgan fingerprint density at radius 1 is 0.900 bits per heavy atom. The summed E-state index contributed by atoms with van der Waals surface area (Å²) >= 11 is 0. The highest BCUT2D eigenvalue weighted by Crippen LogP contribution is 2.07. The van der Waals surface area contributed by atoms with Crippen molar-refractivity contribution >= 4 is 12.3 Å². The third kappa shape index (κ3) is 4.35. The fourth-order valence-corrected chi connectivity index (χ4v) is 1.85. The molecular weight excluding hydrogens is 252 g/mol. The summed E-state index contributed by atoms with van der Waals surface area (Å²) in [5, 5.41) is 0. The van der Waals surface area contributed by atoms with Crippen LogP contribution in [0, 0.1) is 0 Å². The van der Waals surface area contributed by atoms with Crippen LogP contribution in [0.1, 0.15) is 16.7 Å². The van der Waals surface area contributed by atoms with Crippen LogP contribution in [0.5, 0.6) is 0 Å². The van der Waals surface area contributed by atoms with Gasteiger partial charge in [-0.2, -0.15) is 0 Å². The van der Waals surface area contributed by atoms with Gasteiger partial charge in [0, 0.05) is 6.42 Å². The van der Waals surface area contributed by atoms with Crippen molar-refractivity contribution in [2.45, 2.75) is 19.4 Å². The Morgan fingerprint density at radius 3 is 2.20 bits per heavy atom. The molecule has 0 bridgehead atoms. The van der Waals surface area contributed by atoms with Gasteiger partial charge in [0.1, 0.15) is 12.9 Å². The van der Waals surface area contributed by atoms with Gasteiger partial charge >= 0.3 is 5.97 Å². The van der Waals surface area contributed by atoms with Crippen molar-refractivity contribution < 1.29 is 14.3 Å². The van der Waals surface area contributed by atoms with E-state index in [1.165, 1.54) is 0 Å². The molecule has 0 amide bonds. The standard InChI is InChI=1S/C17H16O3/c18-11-10-14-6-8-15(9-7-14)12-17(19)20-13-16-4-2-1-3-5-16/h1-9,11H,10,12-13H2. The van der Waals surface area contributed by atoms with E-state index in [1.807, 2.05) is 54.6 Å². The number of esters is 1. The molecule has 3 heteroatoms. The molecule has 2 aromatic carbocycles. The zero-order chi connectivity index (χ0) is 14.2. The lowest BCUT2D eigenvalue weighted by atomic mass is 10.1. The van der Waals surface area contributed by atoms with Crippen molar-refractivity contribution in [3.63, 3.8) is 0 Å². The second-order valence-corrected chi connectivity index (χ2v) is 4.51. The average Bonchev–Trinajstić information content (AvgIpc) is 2.49. The molecule has 2 aromatic rings. The van der Waals surface area contributed by atoms with Crippen molar-refractivity contribution in [3.05, 3.63) is 71.3 Å². The first-order valence-corrected chi connectivity index (χ1v) is 6.49. The molecule has 0 atom stereocenters. The summed E-state index contributed by atoms with van der Waals surface area (Å²) in [4.78, 5) is 22.1. The number of aldehydes is 1. The molecule has 20 heavy (non-hydrogen) atoms. The largest absolute Gasteiger partial charge is 0.461 e. The molecule has 0 saturated heterocycles. The predicted molar refractivity (Wildman–Crippen MR) is 76.2 cm³/mol. The van der Waals surface area contributed by atoms with E-state index >= 15 is 0 Å². The second-order valence-electron chi connectivity index (χ2n) is 4.51. The Morgan fingerprint density at radius 2 is 1.55 bits per heavy atom. The number of rotatable bonds is 6. The van der Waals surface area contributed by atoms with Gasteiger partial charge in [0.2, 0.25) is 0 Å². The molecule has 0 aliphatic carbocycles. The lowest BCUT2D eigenvalue weighted by molar-refractivity contribution is -0.144. The maximum atomic E-state index is 11.7. The zero-order valence-electron chi connectivity index (χ0n) is 11.1. The van der Waals surface area contributed by atoms with Gasteiger partial charge in [-0.25, -0.2) is 0 Å². The molecule has 0 aromatic heterocycles. The van der Waals surface area contributed by atoms with Crippen molar-refractivity contribution in [3.8, 4) is 0 Å². The Kier molecular flexibility index (Phi) is 5.07. The van der Waals surface area contributed by atoms with E-state index in [2.05, 4.69) is 0 Å². The van der Waals surface area contributed by atoms with Gasteiger partial charge in [-0.05, 0) is 16.7 Å². The van der Waals surface area contributed by atoms with Crippen LogP contribution in [-0.4, -0.2) is 12.3 Å². The number of hydrogen-bond acceptors (Lipinski definition) is 3. The minimum absolute atomic E-state index is 0.244. The van der Waals surface area contributed by atoms with Crippen LogP contribution in [0.2, 0.25) is 0 Å². The monoisotopic (exact) mass is 268 g/mol. The lowest BCUT2D eigenvalue weighted by Crippen LogP contribution is -2.08. The minimum Gasteiger partial charge on any atom is -0.461 e. The molecule has 0 fully saturated rings. The van der Waals surface area contributed by atoms with E-state index in [4.69, 9.17) is 4.74 Å². The summed E-state index contributed by atoms with van der Waals surface area (Å²) in [6.45, 7) is 0.295. The fraction of sp³-hybridized carbons (Fsp3) is 0.176. The Balaban J connectivity index is 1.83.